The summed E-state index contributed by atoms with van der Waals surface area (Å²) in [5.74, 6) is -0.0405. The summed E-state index contributed by atoms with van der Waals surface area (Å²) in [7, 11) is 0. The summed E-state index contributed by atoms with van der Waals surface area (Å²) < 4.78 is 25.4. The Morgan fingerprint density at radius 1 is 1.29 bits per heavy atom. The summed E-state index contributed by atoms with van der Waals surface area (Å²) in [5, 5.41) is 4.18. The van der Waals surface area contributed by atoms with Gasteiger partial charge in [0.2, 0.25) is 11.7 Å². The molecule has 0 spiro atoms. The van der Waals surface area contributed by atoms with Gasteiger partial charge in [-0.3, -0.25) is 4.79 Å². The van der Waals surface area contributed by atoms with E-state index in [1.54, 1.807) is 13.0 Å². The number of fused-ring (bicyclic) bond motifs is 1. The first-order valence-corrected chi connectivity index (χ1v) is 10.6. The van der Waals surface area contributed by atoms with E-state index in [1.807, 2.05) is 39.0 Å². The number of hydrogen-bond donors (Lipinski definition) is 0. The summed E-state index contributed by atoms with van der Waals surface area (Å²) in [6.07, 6.45) is 2.07. The molecule has 0 saturated heterocycles. The van der Waals surface area contributed by atoms with Crippen molar-refractivity contribution in [2.24, 2.45) is 0 Å². The quantitative estimate of drug-likeness (QED) is 0.446. The molecule has 31 heavy (non-hydrogen) atoms. The van der Waals surface area contributed by atoms with Crippen molar-refractivity contribution in [2.45, 2.75) is 58.5 Å². The van der Waals surface area contributed by atoms with E-state index in [2.05, 4.69) is 10.1 Å². The van der Waals surface area contributed by atoms with E-state index in [-0.39, 0.29) is 23.3 Å². The Labute approximate surface area is 185 Å². The van der Waals surface area contributed by atoms with Crippen LogP contribution in [0.2, 0.25) is 5.02 Å². The van der Waals surface area contributed by atoms with Crippen LogP contribution in [-0.2, 0) is 16.0 Å². The van der Waals surface area contributed by atoms with Crippen molar-refractivity contribution in [3.05, 3.63) is 58.2 Å². The predicted molar refractivity (Wildman–Crippen MR) is 116 cm³/mol. The van der Waals surface area contributed by atoms with E-state index >= 15 is 0 Å². The molecule has 1 aromatic heterocycles. The number of carbonyl (C=O) groups is 1. The van der Waals surface area contributed by atoms with Gasteiger partial charge in [-0.15, -0.1) is 0 Å². The number of aryl methyl sites for hydroxylation is 2. The predicted octanol–water partition coefficient (Wildman–Crippen LogP) is 6.27. The Balaban J connectivity index is 1.67. The molecule has 7 heteroatoms. The smallest absolute Gasteiger partial charge is 0.306 e. The van der Waals surface area contributed by atoms with Gasteiger partial charge in [0.15, 0.2) is 0 Å². The first kappa shape index (κ1) is 21.5. The summed E-state index contributed by atoms with van der Waals surface area (Å²) in [4.78, 5) is 16.5. The van der Waals surface area contributed by atoms with Gasteiger partial charge < -0.3 is 9.26 Å². The van der Waals surface area contributed by atoms with Gasteiger partial charge in [0.05, 0.1) is 12.0 Å². The molecule has 1 aliphatic carbocycles. The molecule has 162 valence electrons. The largest absolute Gasteiger partial charge is 0.460 e. The zero-order chi connectivity index (χ0) is 22.3. The Morgan fingerprint density at radius 3 is 2.74 bits per heavy atom. The molecular weight excluding hydrogens is 419 g/mol. The third-order valence-electron chi connectivity index (χ3n) is 5.30. The highest BCUT2D eigenvalue weighted by atomic mass is 35.5. The van der Waals surface area contributed by atoms with Crippen molar-refractivity contribution >= 4 is 17.6 Å². The summed E-state index contributed by atoms with van der Waals surface area (Å²) in [6, 6.07) is 8.92. The van der Waals surface area contributed by atoms with E-state index in [1.165, 1.54) is 6.07 Å². The molecule has 0 saturated carbocycles. The fourth-order valence-electron chi connectivity index (χ4n) is 4.10. The number of hydrogen-bond acceptors (Lipinski definition) is 5. The van der Waals surface area contributed by atoms with Crippen molar-refractivity contribution in [3.8, 4) is 22.5 Å². The Hall–Kier alpha value is -2.73. The molecule has 0 aliphatic heterocycles. The first-order chi connectivity index (χ1) is 14.6. The highest BCUT2D eigenvalue weighted by Gasteiger charge is 2.28. The highest BCUT2D eigenvalue weighted by molar-refractivity contribution is 6.31. The van der Waals surface area contributed by atoms with Crippen molar-refractivity contribution in [1.29, 1.82) is 0 Å². The molecule has 5 nitrogen and oxygen atoms in total. The second-order valence-corrected chi connectivity index (χ2v) is 9.32. The van der Waals surface area contributed by atoms with Gasteiger partial charge in [-0.1, -0.05) is 35.0 Å². The highest BCUT2D eigenvalue weighted by Crippen LogP contribution is 2.41. The topological polar surface area (TPSA) is 65.2 Å². The van der Waals surface area contributed by atoms with E-state index in [9.17, 15) is 9.18 Å². The molecule has 0 radical (unpaired) electrons. The van der Waals surface area contributed by atoms with Gasteiger partial charge in [0.25, 0.3) is 0 Å². The second kappa shape index (κ2) is 8.08. The molecule has 0 N–H and O–H groups in total. The molecule has 0 bridgehead atoms. The molecule has 2 aromatic carbocycles. The molecule has 0 amide bonds. The van der Waals surface area contributed by atoms with Crippen molar-refractivity contribution in [3.63, 3.8) is 0 Å². The number of benzene rings is 2. The summed E-state index contributed by atoms with van der Waals surface area (Å²) >= 11 is 6.16. The number of nitrogens with zero attached hydrogens (tertiary/aromatic N) is 2. The van der Waals surface area contributed by atoms with Crippen molar-refractivity contribution < 1.29 is 18.4 Å². The Bertz CT molecular complexity index is 1150. The van der Waals surface area contributed by atoms with Crippen LogP contribution < -0.4 is 0 Å². The zero-order valence-electron chi connectivity index (χ0n) is 18.0. The van der Waals surface area contributed by atoms with E-state index < -0.39 is 11.4 Å². The lowest BCUT2D eigenvalue weighted by molar-refractivity contribution is -0.155. The van der Waals surface area contributed by atoms with Crippen molar-refractivity contribution in [1.82, 2.24) is 10.1 Å². The number of rotatable bonds is 4. The molecule has 3 aromatic rings. The van der Waals surface area contributed by atoms with E-state index in [0.29, 0.717) is 22.9 Å². The van der Waals surface area contributed by atoms with Gasteiger partial charge >= 0.3 is 5.97 Å². The third-order valence-corrected chi connectivity index (χ3v) is 5.51. The SMILES string of the molecule is Cc1nc(-c2c(F)cc(Cl)cc2-c2ccc3c(c2)CC[C@@H]3CC(=O)OC(C)(C)C)no1. The Kier molecular flexibility index (Phi) is 5.60. The van der Waals surface area contributed by atoms with Gasteiger partial charge in [-0.25, -0.2) is 4.39 Å². The van der Waals surface area contributed by atoms with Crippen LogP contribution in [0.1, 0.15) is 56.5 Å². The number of halogens is 2. The van der Waals surface area contributed by atoms with E-state index in [4.69, 9.17) is 20.9 Å². The van der Waals surface area contributed by atoms with Gasteiger partial charge in [0.1, 0.15) is 11.4 Å². The minimum atomic E-state index is -0.508. The zero-order valence-corrected chi connectivity index (χ0v) is 18.7. The maximum atomic E-state index is 14.8. The van der Waals surface area contributed by atoms with Gasteiger partial charge in [0, 0.05) is 11.9 Å². The van der Waals surface area contributed by atoms with E-state index in [0.717, 1.165) is 29.5 Å². The molecule has 1 aliphatic rings. The fraction of sp³-hybridized carbons (Fsp3) is 0.375. The molecule has 4 rings (SSSR count). The average Bonchev–Trinajstić information content (AvgIpc) is 3.25. The number of ether oxygens (including phenoxy) is 1. The number of esters is 1. The monoisotopic (exact) mass is 442 g/mol. The number of carbonyl (C=O) groups excluding carboxylic acids is 1. The molecule has 1 atom stereocenters. The first-order valence-electron chi connectivity index (χ1n) is 10.3. The van der Waals surface area contributed by atoms with Crippen LogP contribution in [0, 0.1) is 12.7 Å². The fourth-order valence-corrected chi connectivity index (χ4v) is 4.30. The summed E-state index contributed by atoms with van der Waals surface area (Å²) in [6.45, 7) is 7.26. The normalized spacial score (nSPS) is 15.7. The maximum absolute atomic E-state index is 14.8. The Morgan fingerprint density at radius 2 is 2.06 bits per heavy atom. The minimum Gasteiger partial charge on any atom is -0.460 e. The van der Waals surface area contributed by atoms with Crippen molar-refractivity contribution in [2.75, 3.05) is 0 Å². The third kappa shape index (κ3) is 4.64. The van der Waals surface area contributed by atoms with Crippen LogP contribution >= 0.6 is 11.6 Å². The molecular formula is C24H24ClFN2O3. The molecule has 0 unspecified atom stereocenters. The average molecular weight is 443 g/mol. The van der Waals surface area contributed by atoms with Gasteiger partial charge in [-0.05, 0) is 73.9 Å². The molecule has 1 heterocycles. The van der Waals surface area contributed by atoms with Crippen LogP contribution in [0.25, 0.3) is 22.5 Å². The lowest BCUT2D eigenvalue weighted by Crippen LogP contribution is -2.24. The molecule has 0 fully saturated rings. The van der Waals surface area contributed by atoms with Crippen LogP contribution in [0.5, 0.6) is 0 Å². The van der Waals surface area contributed by atoms with Crippen LogP contribution in [0.15, 0.2) is 34.9 Å². The van der Waals surface area contributed by atoms with Crippen LogP contribution in [0.3, 0.4) is 0 Å². The van der Waals surface area contributed by atoms with Gasteiger partial charge in [-0.2, -0.15) is 4.98 Å². The van der Waals surface area contributed by atoms with Crippen LogP contribution in [-0.4, -0.2) is 21.7 Å². The second-order valence-electron chi connectivity index (χ2n) is 8.89. The lowest BCUT2D eigenvalue weighted by Gasteiger charge is -2.21. The standard InChI is InChI=1S/C24H24ClFN2O3/c1-13-27-23(28-31-13)22-19(11-17(25)12-20(22)26)15-7-8-18-14(9-15)5-6-16(18)10-21(29)30-24(2,3)4/h7-9,11-12,16H,5-6,10H2,1-4H3/t16-/m1/s1. The summed E-state index contributed by atoms with van der Waals surface area (Å²) in [5.41, 5.74) is 3.45. The van der Waals surface area contributed by atoms with Crippen LogP contribution in [0.4, 0.5) is 4.39 Å². The lowest BCUT2D eigenvalue weighted by atomic mass is 9.93. The maximum Gasteiger partial charge on any atom is 0.306 e. The number of aromatic nitrogens is 2. The minimum absolute atomic E-state index is 0.120.